The summed E-state index contributed by atoms with van der Waals surface area (Å²) in [6, 6.07) is 3.64. The quantitative estimate of drug-likeness (QED) is 0.740. The van der Waals surface area contributed by atoms with E-state index >= 15 is 0 Å². The molecule has 0 aliphatic heterocycles. The molecule has 0 aliphatic carbocycles. The SMILES string of the molecule is Cc1n[nH]c(C)c1S(=O)(=O)Nc1ccc(F)c(C(N)=S)c1. The summed E-state index contributed by atoms with van der Waals surface area (Å²) in [6.07, 6.45) is 0. The molecule has 21 heavy (non-hydrogen) atoms. The minimum Gasteiger partial charge on any atom is -0.389 e. The van der Waals surface area contributed by atoms with Gasteiger partial charge in [-0.2, -0.15) is 5.10 Å². The van der Waals surface area contributed by atoms with Gasteiger partial charge in [0.25, 0.3) is 10.0 Å². The smallest absolute Gasteiger partial charge is 0.265 e. The highest BCUT2D eigenvalue weighted by Crippen LogP contribution is 2.22. The van der Waals surface area contributed by atoms with E-state index in [2.05, 4.69) is 14.9 Å². The van der Waals surface area contributed by atoms with Gasteiger partial charge in [-0.25, -0.2) is 12.8 Å². The Bertz CT molecular complexity index is 795. The lowest BCUT2D eigenvalue weighted by Gasteiger charge is -2.10. The number of aromatic nitrogens is 2. The third kappa shape index (κ3) is 3.03. The van der Waals surface area contributed by atoms with Crippen LogP contribution in [0.4, 0.5) is 10.1 Å². The van der Waals surface area contributed by atoms with E-state index in [1.807, 2.05) is 0 Å². The monoisotopic (exact) mass is 328 g/mol. The van der Waals surface area contributed by atoms with Gasteiger partial charge in [-0.3, -0.25) is 9.82 Å². The molecule has 0 fully saturated rings. The van der Waals surface area contributed by atoms with E-state index in [9.17, 15) is 12.8 Å². The van der Waals surface area contributed by atoms with Crippen molar-refractivity contribution in [3.63, 3.8) is 0 Å². The molecule has 2 aromatic rings. The van der Waals surface area contributed by atoms with E-state index in [-0.39, 0.29) is 21.1 Å². The number of hydrogen-bond donors (Lipinski definition) is 3. The Kier molecular flexibility index (Phi) is 3.97. The average molecular weight is 328 g/mol. The number of nitrogens with one attached hydrogen (secondary N) is 2. The zero-order valence-electron chi connectivity index (χ0n) is 11.3. The predicted molar refractivity (Wildman–Crippen MR) is 81.2 cm³/mol. The summed E-state index contributed by atoms with van der Waals surface area (Å²) in [6.45, 7) is 3.17. The molecule has 0 aliphatic rings. The maximum atomic E-state index is 13.5. The number of H-pyrrole nitrogens is 1. The summed E-state index contributed by atoms with van der Waals surface area (Å²) < 4.78 is 40.5. The van der Waals surface area contributed by atoms with Crippen LogP contribution in [0.3, 0.4) is 0 Å². The summed E-state index contributed by atoms with van der Waals surface area (Å²) in [5.41, 5.74) is 6.29. The van der Waals surface area contributed by atoms with Crippen LogP contribution in [0.1, 0.15) is 17.0 Å². The van der Waals surface area contributed by atoms with Crippen LogP contribution in [0.25, 0.3) is 0 Å². The maximum absolute atomic E-state index is 13.5. The van der Waals surface area contributed by atoms with Gasteiger partial charge in [0.1, 0.15) is 15.7 Å². The Labute approximate surface area is 126 Å². The molecule has 9 heteroatoms. The Morgan fingerprint density at radius 3 is 2.62 bits per heavy atom. The average Bonchev–Trinajstić information content (AvgIpc) is 2.71. The van der Waals surface area contributed by atoms with Crippen LogP contribution in [0, 0.1) is 19.7 Å². The first-order valence-electron chi connectivity index (χ1n) is 5.86. The minimum absolute atomic E-state index is 0.0224. The van der Waals surface area contributed by atoms with E-state index in [0.29, 0.717) is 11.4 Å². The van der Waals surface area contributed by atoms with Crippen LogP contribution in [0.5, 0.6) is 0 Å². The summed E-state index contributed by atoms with van der Waals surface area (Å²) in [5.74, 6) is -0.610. The molecule has 1 aromatic heterocycles. The molecule has 0 spiro atoms. The minimum atomic E-state index is -3.84. The Morgan fingerprint density at radius 2 is 2.10 bits per heavy atom. The van der Waals surface area contributed by atoms with Gasteiger partial charge in [-0.05, 0) is 32.0 Å². The number of nitrogens with two attached hydrogens (primary N) is 1. The van der Waals surface area contributed by atoms with Gasteiger partial charge >= 0.3 is 0 Å². The highest BCUT2D eigenvalue weighted by atomic mass is 32.2. The van der Waals surface area contributed by atoms with Crippen LogP contribution < -0.4 is 10.5 Å². The van der Waals surface area contributed by atoms with Gasteiger partial charge in [-0.1, -0.05) is 12.2 Å². The number of anilines is 1. The van der Waals surface area contributed by atoms with E-state index in [1.54, 1.807) is 13.8 Å². The number of aryl methyl sites for hydroxylation is 2. The van der Waals surface area contributed by atoms with Crippen molar-refractivity contribution in [2.45, 2.75) is 18.7 Å². The van der Waals surface area contributed by atoms with Gasteiger partial charge in [0, 0.05) is 11.3 Å². The highest BCUT2D eigenvalue weighted by molar-refractivity contribution is 7.92. The second kappa shape index (κ2) is 5.41. The van der Waals surface area contributed by atoms with Gasteiger partial charge in [0.2, 0.25) is 0 Å². The zero-order chi connectivity index (χ0) is 15.8. The number of nitrogens with zero attached hydrogens (tertiary/aromatic N) is 1. The lowest BCUT2D eigenvalue weighted by atomic mass is 10.2. The van der Waals surface area contributed by atoms with E-state index in [1.165, 1.54) is 12.1 Å². The fraction of sp³-hybridized carbons (Fsp3) is 0.167. The maximum Gasteiger partial charge on any atom is 0.265 e. The number of aromatic amines is 1. The topological polar surface area (TPSA) is 101 Å². The normalized spacial score (nSPS) is 11.4. The van der Waals surface area contributed by atoms with Crippen LogP contribution in [0.15, 0.2) is 23.1 Å². The molecule has 0 saturated heterocycles. The van der Waals surface area contributed by atoms with Crippen molar-refractivity contribution < 1.29 is 12.8 Å². The van der Waals surface area contributed by atoms with Crippen LogP contribution in [0.2, 0.25) is 0 Å². The van der Waals surface area contributed by atoms with Crippen molar-refractivity contribution >= 4 is 32.9 Å². The van der Waals surface area contributed by atoms with Crippen molar-refractivity contribution in [3.05, 3.63) is 41.0 Å². The molecule has 0 amide bonds. The third-order valence-electron chi connectivity index (χ3n) is 2.81. The number of rotatable bonds is 4. The second-order valence-electron chi connectivity index (χ2n) is 4.43. The van der Waals surface area contributed by atoms with Crippen LogP contribution >= 0.6 is 12.2 Å². The predicted octanol–water partition coefficient (Wildman–Crippen LogP) is 1.60. The number of benzene rings is 1. The number of sulfonamides is 1. The lowest BCUT2D eigenvalue weighted by molar-refractivity contribution is 0.600. The van der Waals surface area contributed by atoms with Gasteiger partial charge in [0.15, 0.2) is 0 Å². The van der Waals surface area contributed by atoms with E-state index < -0.39 is 15.8 Å². The summed E-state index contributed by atoms with van der Waals surface area (Å²) in [4.78, 5) is -0.0899. The Hall–Kier alpha value is -2.00. The number of hydrogen-bond acceptors (Lipinski definition) is 4. The van der Waals surface area contributed by atoms with Crippen molar-refractivity contribution in [3.8, 4) is 0 Å². The van der Waals surface area contributed by atoms with Gasteiger partial charge in [-0.15, -0.1) is 0 Å². The Morgan fingerprint density at radius 1 is 1.43 bits per heavy atom. The first kappa shape index (κ1) is 15.4. The Balaban J connectivity index is 2.42. The summed E-state index contributed by atoms with van der Waals surface area (Å²) in [5, 5.41) is 6.44. The second-order valence-corrected chi connectivity index (χ2v) is 6.49. The molecule has 2 rings (SSSR count). The molecule has 0 bridgehead atoms. The van der Waals surface area contributed by atoms with Gasteiger partial charge < -0.3 is 5.73 Å². The zero-order valence-corrected chi connectivity index (χ0v) is 12.9. The van der Waals surface area contributed by atoms with Gasteiger partial charge in [0.05, 0.1) is 11.4 Å². The highest BCUT2D eigenvalue weighted by Gasteiger charge is 2.22. The molecule has 0 unspecified atom stereocenters. The number of thiocarbonyl (C=S) groups is 1. The number of halogens is 1. The van der Waals surface area contributed by atoms with E-state index in [4.69, 9.17) is 18.0 Å². The molecule has 6 nitrogen and oxygen atoms in total. The van der Waals surface area contributed by atoms with Crippen LogP contribution in [-0.4, -0.2) is 23.6 Å². The molecular weight excluding hydrogens is 315 g/mol. The molecule has 1 heterocycles. The first-order valence-corrected chi connectivity index (χ1v) is 7.75. The van der Waals surface area contributed by atoms with Crippen molar-refractivity contribution in [2.75, 3.05) is 4.72 Å². The largest absolute Gasteiger partial charge is 0.389 e. The molecule has 1 aromatic carbocycles. The van der Waals surface area contributed by atoms with Crippen LogP contribution in [-0.2, 0) is 10.0 Å². The molecule has 0 radical (unpaired) electrons. The molecule has 0 atom stereocenters. The lowest BCUT2D eigenvalue weighted by Crippen LogP contribution is -2.16. The standard InChI is InChI=1S/C12H13FN4O2S2/c1-6-11(7(2)16-15-6)21(18,19)17-8-3-4-10(13)9(5-8)12(14)20/h3-5,17H,1-2H3,(H2,14,20)(H,15,16). The fourth-order valence-electron chi connectivity index (χ4n) is 1.92. The first-order chi connectivity index (χ1) is 9.72. The van der Waals surface area contributed by atoms with E-state index in [0.717, 1.165) is 6.07 Å². The van der Waals surface area contributed by atoms with Crippen molar-refractivity contribution in [1.82, 2.24) is 10.2 Å². The molecule has 112 valence electrons. The summed E-state index contributed by atoms with van der Waals surface area (Å²) in [7, 11) is -3.84. The summed E-state index contributed by atoms with van der Waals surface area (Å²) >= 11 is 4.72. The van der Waals surface area contributed by atoms with Crippen molar-refractivity contribution in [2.24, 2.45) is 5.73 Å². The molecule has 0 saturated carbocycles. The molecule has 4 N–H and O–H groups in total. The third-order valence-corrected chi connectivity index (χ3v) is 4.68. The van der Waals surface area contributed by atoms with Crippen molar-refractivity contribution in [1.29, 1.82) is 0 Å². The fourth-order valence-corrected chi connectivity index (χ4v) is 3.50. The molecular formula is C12H13FN4O2S2.